The molecule has 2 aliphatic heterocycles. The summed E-state index contributed by atoms with van der Waals surface area (Å²) >= 11 is 0. The highest BCUT2D eigenvalue weighted by molar-refractivity contribution is 7.91. The summed E-state index contributed by atoms with van der Waals surface area (Å²) in [4.78, 5) is 24.0. The van der Waals surface area contributed by atoms with Gasteiger partial charge in [-0.25, -0.2) is 17.6 Å². The van der Waals surface area contributed by atoms with Gasteiger partial charge in [-0.1, -0.05) is 18.2 Å². The molecule has 2 fully saturated rings. The molecule has 0 aliphatic carbocycles. The maximum absolute atomic E-state index is 13.6. The first-order chi connectivity index (χ1) is 16.5. The zero-order valence-corrected chi connectivity index (χ0v) is 20.5. The minimum atomic E-state index is -3.91. The van der Waals surface area contributed by atoms with Gasteiger partial charge in [-0.3, -0.25) is 4.98 Å². The number of carbonyl (C=O) groups is 1. The Labute approximate surface area is 203 Å². The van der Waals surface area contributed by atoms with Crippen molar-refractivity contribution in [2.24, 2.45) is 5.92 Å². The zero-order valence-electron chi connectivity index (χ0n) is 19.6. The van der Waals surface area contributed by atoms with Crippen molar-refractivity contribution in [1.82, 2.24) is 10.0 Å². The van der Waals surface area contributed by atoms with Crippen molar-refractivity contribution < 1.29 is 27.2 Å². The Balaban J connectivity index is 1.36. The molecule has 0 bridgehead atoms. The molecule has 8 nitrogen and oxygen atoms in total. The number of ether oxygens (including phenoxy) is 1. The molecule has 2 saturated heterocycles. The van der Waals surface area contributed by atoms with E-state index in [0.29, 0.717) is 29.9 Å². The molecule has 2 atom stereocenters. The number of rotatable bonds is 4. The number of aromatic nitrogens is 1. The lowest BCUT2D eigenvalue weighted by molar-refractivity contribution is -0.219. The van der Waals surface area contributed by atoms with Gasteiger partial charge in [0.05, 0.1) is 27.0 Å². The second-order valence-corrected chi connectivity index (χ2v) is 11.8. The van der Waals surface area contributed by atoms with E-state index in [0.717, 1.165) is 18.3 Å². The van der Waals surface area contributed by atoms with Crippen LogP contribution in [0.5, 0.6) is 0 Å². The fourth-order valence-electron chi connectivity index (χ4n) is 4.55. The first-order valence-corrected chi connectivity index (χ1v) is 12.8. The van der Waals surface area contributed by atoms with Crippen LogP contribution in [-0.2, 0) is 19.4 Å². The fourth-order valence-corrected chi connectivity index (χ4v) is 5.82. The SMILES string of the molecule is CC(C)(C)OC(=O)ON1C[C@@H]2CN(c3cccc4cc(S(=O)(=O)c5cccc(F)c5)cnc34)CC21. The lowest BCUT2D eigenvalue weighted by Gasteiger charge is -2.40. The molecular weight excluding hydrogens is 473 g/mol. The molecular formula is C25H26FN3O5S. The average molecular weight is 500 g/mol. The molecule has 2 aromatic carbocycles. The van der Waals surface area contributed by atoms with Crippen LogP contribution in [0.15, 0.2) is 64.5 Å². The van der Waals surface area contributed by atoms with Crippen LogP contribution in [0.25, 0.3) is 10.9 Å². The number of halogens is 1. The minimum absolute atomic E-state index is 0.00572. The van der Waals surface area contributed by atoms with Crippen LogP contribution < -0.4 is 4.90 Å². The van der Waals surface area contributed by atoms with Crippen molar-refractivity contribution in [2.75, 3.05) is 24.5 Å². The Hall–Kier alpha value is -3.24. The standard InChI is InChI=1S/C25H26FN3O5S/c1-25(2,3)33-24(30)34-29-14-17-13-28(15-22(17)29)21-9-4-6-16-10-20(12-27-23(16)21)35(31,32)19-8-5-7-18(26)11-19/h4-12,17,22H,13-15H2,1-3H3/t17-,22?/m0/s1. The molecule has 3 heterocycles. The third kappa shape index (κ3) is 4.55. The summed E-state index contributed by atoms with van der Waals surface area (Å²) in [7, 11) is -3.91. The van der Waals surface area contributed by atoms with Crippen molar-refractivity contribution in [3.63, 3.8) is 0 Å². The second kappa shape index (κ2) is 8.46. The number of hydroxylamine groups is 2. The summed E-state index contributed by atoms with van der Waals surface area (Å²) in [6.45, 7) is 7.38. The monoisotopic (exact) mass is 499 g/mol. The molecule has 35 heavy (non-hydrogen) atoms. The number of pyridine rings is 1. The van der Waals surface area contributed by atoms with Crippen LogP contribution in [0, 0.1) is 11.7 Å². The van der Waals surface area contributed by atoms with Crippen LogP contribution in [0.2, 0.25) is 0 Å². The third-order valence-corrected chi connectivity index (χ3v) is 7.91. The van der Waals surface area contributed by atoms with Crippen LogP contribution in [0.3, 0.4) is 0 Å². The van der Waals surface area contributed by atoms with Crippen molar-refractivity contribution in [3.05, 3.63) is 60.5 Å². The molecule has 3 aromatic rings. The Morgan fingerprint density at radius 3 is 2.57 bits per heavy atom. The average Bonchev–Trinajstić information content (AvgIpc) is 3.12. The first-order valence-electron chi connectivity index (χ1n) is 11.3. The molecule has 0 N–H and O–H groups in total. The predicted molar refractivity (Wildman–Crippen MR) is 127 cm³/mol. The van der Waals surface area contributed by atoms with Crippen molar-refractivity contribution in [2.45, 2.75) is 42.2 Å². The summed E-state index contributed by atoms with van der Waals surface area (Å²) in [5.41, 5.74) is 0.925. The first kappa shape index (κ1) is 23.5. The molecule has 1 aromatic heterocycles. The van der Waals surface area contributed by atoms with Crippen LogP contribution in [0.1, 0.15) is 20.8 Å². The van der Waals surface area contributed by atoms with Gasteiger partial charge in [0, 0.05) is 37.1 Å². The number of anilines is 1. The van der Waals surface area contributed by atoms with E-state index < -0.39 is 27.4 Å². The number of nitrogens with zero attached hydrogens (tertiary/aromatic N) is 3. The number of sulfone groups is 1. The van der Waals surface area contributed by atoms with Crippen LogP contribution in [-0.4, -0.2) is 55.9 Å². The molecule has 1 unspecified atom stereocenters. The maximum atomic E-state index is 13.6. The van der Waals surface area contributed by atoms with Gasteiger partial charge < -0.3 is 14.5 Å². The Morgan fingerprint density at radius 1 is 1.06 bits per heavy atom. The van der Waals surface area contributed by atoms with Crippen LogP contribution >= 0.6 is 0 Å². The van der Waals surface area contributed by atoms with Crippen molar-refractivity contribution >= 4 is 32.6 Å². The van der Waals surface area contributed by atoms with Gasteiger partial charge in [-0.05, 0) is 51.1 Å². The van der Waals surface area contributed by atoms with E-state index in [2.05, 4.69) is 9.88 Å². The van der Waals surface area contributed by atoms with E-state index in [1.807, 2.05) is 12.1 Å². The Morgan fingerprint density at radius 2 is 1.83 bits per heavy atom. The van der Waals surface area contributed by atoms with Gasteiger partial charge in [0.25, 0.3) is 0 Å². The van der Waals surface area contributed by atoms with Gasteiger partial charge in [-0.2, -0.15) is 0 Å². The smallest absolute Gasteiger partial charge is 0.427 e. The highest BCUT2D eigenvalue weighted by Crippen LogP contribution is 2.38. The van der Waals surface area contributed by atoms with Gasteiger partial charge in [0.15, 0.2) is 0 Å². The molecule has 0 radical (unpaired) electrons. The topological polar surface area (TPSA) is 89.0 Å². The number of para-hydroxylation sites is 1. The largest absolute Gasteiger partial charge is 0.528 e. The highest BCUT2D eigenvalue weighted by atomic mass is 32.2. The molecule has 0 spiro atoms. The third-order valence-electron chi connectivity index (χ3n) is 6.19. The summed E-state index contributed by atoms with van der Waals surface area (Å²) in [6, 6.07) is 12.1. The normalized spacial score (nSPS) is 20.4. The molecule has 184 valence electrons. The second-order valence-electron chi connectivity index (χ2n) is 9.87. The number of fused-ring (bicyclic) bond motifs is 2. The summed E-state index contributed by atoms with van der Waals surface area (Å²) < 4.78 is 44.9. The van der Waals surface area contributed by atoms with E-state index in [1.165, 1.54) is 24.4 Å². The zero-order chi connectivity index (χ0) is 25.0. The van der Waals surface area contributed by atoms with E-state index in [4.69, 9.17) is 9.57 Å². The quantitative estimate of drug-likeness (QED) is 0.494. The summed E-state index contributed by atoms with van der Waals surface area (Å²) in [6.07, 6.45) is 0.600. The van der Waals surface area contributed by atoms with Gasteiger partial charge in [-0.15, -0.1) is 5.06 Å². The Kier molecular flexibility index (Phi) is 5.68. The van der Waals surface area contributed by atoms with E-state index in [9.17, 15) is 17.6 Å². The predicted octanol–water partition coefficient (Wildman–Crippen LogP) is 4.19. The van der Waals surface area contributed by atoms with E-state index in [-0.39, 0.29) is 15.8 Å². The molecule has 0 amide bonds. The van der Waals surface area contributed by atoms with Gasteiger partial charge >= 0.3 is 6.16 Å². The number of hydrogen-bond acceptors (Lipinski definition) is 8. The minimum Gasteiger partial charge on any atom is -0.427 e. The van der Waals surface area contributed by atoms with E-state index in [1.54, 1.807) is 38.0 Å². The molecule has 10 heteroatoms. The number of carbonyl (C=O) groups excluding carboxylic acids is 1. The number of hydrogen-bond donors (Lipinski definition) is 0. The Bertz CT molecular complexity index is 1410. The van der Waals surface area contributed by atoms with Gasteiger partial charge in [0.2, 0.25) is 9.84 Å². The van der Waals surface area contributed by atoms with Crippen molar-refractivity contribution in [1.29, 1.82) is 0 Å². The summed E-state index contributed by atoms with van der Waals surface area (Å²) in [5.74, 6) is -0.282. The fraction of sp³-hybridized carbons (Fsp3) is 0.360. The lowest BCUT2D eigenvalue weighted by atomic mass is 9.95. The van der Waals surface area contributed by atoms with Gasteiger partial charge in [0.1, 0.15) is 11.4 Å². The lowest BCUT2D eigenvalue weighted by Crippen LogP contribution is -2.56. The molecule has 0 saturated carbocycles. The molecule has 5 rings (SSSR count). The van der Waals surface area contributed by atoms with Crippen LogP contribution in [0.4, 0.5) is 14.9 Å². The van der Waals surface area contributed by atoms with E-state index >= 15 is 0 Å². The summed E-state index contributed by atoms with van der Waals surface area (Å²) in [5, 5.41) is 2.32. The maximum Gasteiger partial charge on any atom is 0.528 e. The molecule has 2 aliphatic rings. The highest BCUT2D eigenvalue weighted by Gasteiger charge is 2.48. The number of benzene rings is 2. The van der Waals surface area contributed by atoms with Crippen molar-refractivity contribution in [3.8, 4) is 0 Å².